The zero-order valence-corrected chi connectivity index (χ0v) is 21.0. The van der Waals surface area contributed by atoms with E-state index >= 15 is 0 Å². The molecule has 0 aliphatic heterocycles. The van der Waals surface area contributed by atoms with E-state index in [2.05, 4.69) is 39.2 Å². The summed E-state index contributed by atoms with van der Waals surface area (Å²) in [4.78, 5) is 2.62. The third kappa shape index (κ3) is 9.35. The molecule has 0 unspecified atom stereocenters. The highest BCUT2D eigenvalue weighted by Gasteiger charge is 2.36. The van der Waals surface area contributed by atoms with Crippen LogP contribution in [0, 0.1) is 17.8 Å². The third-order valence-corrected chi connectivity index (χ3v) is 7.04. The number of hydrogen-bond acceptors (Lipinski definition) is 2. The molecule has 5 heteroatoms. The second-order valence-electron chi connectivity index (χ2n) is 10.9. The van der Waals surface area contributed by atoms with Crippen molar-refractivity contribution in [2.45, 2.75) is 97.2 Å². The number of allylic oxidation sites excluding steroid dienone is 1. The molecule has 1 aliphatic carbocycles. The summed E-state index contributed by atoms with van der Waals surface area (Å²) in [7, 11) is 0. The maximum Gasteiger partial charge on any atom is 0.416 e. The van der Waals surface area contributed by atoms with E-state index in [0.717, 1.165) is 50.8 Å². The van der Waals surface area contributed by atoms with Crippen molar-refractivity contribution in [2.75, 3.05) is 13.1 Å². The fraction of sp³-hybridized carbons (Fsp3) is 0.714. The van der Waals surface area contributed by atoms with Crippen molar-refractivity contribution in [1.82, 2.24) is 4.90 Å². The van der Waals surface area contributed by atoms with Crippen molar-refractivity contribution < 1.29 is 18.3 Å². The highest BCUT2D eigenvalue weighted by Crippen LogP contribution is 2.42. The number of aliphatic hydroxyl groups is 1. The standard InChI is InChI=1S/C28H44F3NO/c1-20(2)8-6-16-32(17-7-9-21(3)4)27-15-10-23(18-22(5)33)19-26(27)24-11-13-25(14-12-24)28(29,30)31/h11-14,20-21,23,26-27,33H,5-10,15-19H2,1-4H3/t23-,26-,27+/m0/s1. The molecule has 1 aromatic carbocycles. The summed E-state index contributed by atoms with van der Waals surface area (Å²) in [5.41, 5.74) is 0.392. The van der Waals surface area contributed by atoms with E-state index in [9.17, 15) is 18.3 Å². The fourth-order valence-electron chi connectivity index (χ4n) is 5.32. The average Bonchev–Trinajstić information content (AvgIpc) is 2.71. The summed E-state index contributed by atoms with van der Waals surface area (Å²) in [5, 5.41) is 9.77. The summed E-state index contributed by atoms with van der Waals surface area (Å²) in [6.07, 6.45) is 3.82. The maximum atomic E-state index is 13.1. The Morgan fingerprint density at radius 1 is 1.00 bits per heavy atom. The smallest absolute Gasteiger partial charge is 0.416 e. The van der Waals surface area contributed by atoms with E-state index in [1.54, 1.807) is 12.1 Å². The number of benzene rings is 1. The van der Waals surface area contributed by atoms with E-state index in [1.807, 2.05) is 0 Å². The summed E-state index contributed by atoms with van der Waals surface area (Å²) >= 11 is 0. The Morgan fingerprint density at radius 3 is 2.00 bits per heavy atom. The van der Waals surface area contributed by atoms with Crippen LogP contribution < -0.4 is 0 Å². The molecule has 0 amide bonds. The van der Waals surface area contributed by atoms with Gasteiger partial charge in [-0.15, -0.1) is 0 Å². The van der Waals surface area contributed by atoms with Gasteiger partial charge in [-0.05, 0) is 99.4 Å². The van der Waals surface area contributed by atoms with Gasteiger partial charge in [0.05, 0.1) is 11.3 Å². The monoisotopic (exact) mass is 467 g/mol. The van der Waals surface area contributed by atoms with Gasteiger partial charge in [0, 0.05) is 12.5 Å². The number of halogens is 3. The lowest BCUT2D eigenvalue weighted by atomic mass is 9.72. The normalized spacial score (nSPS) is 21.8. The van der Waals surface area contributed by atoms with Gasteiger partial charge < -0.3 is 5.11 Å². The van der Waals surface area contributed by atoms with E-state index in [4.69, 9.17) is 0 Å². The molecular weight excluding hydrogens is 423 g/mol. The van der Waals surface area contributed by atoms with Crippen molar-refractivity contribution in [3.8, 4) is 0 Å². The van der Waals surface area contributed by atoms with Crippen molar-refractivity contribution in [1.29, 1.82) is 0 Å². The van der Waals surface area contributed by atoms with Crippen LogP contribution in [0.4, 0.5) is 13.2 Å². The lowest BCUT2D eigenvalue weighted by Gasteiger charge is -2.43. The summed E-state index contributed by atoms with van der Waals surface area (Å²) < 4.78 is 39.4. The first-order valence-corrected chi connectivity index (χ1v) is 12.7. The summed E-state index contributed by atoms with van der Waals surface area (Å²) in [6, 6.07) is 6.13. The van der Waals surface area contributed by atoms with Crippen LogP contribution in [0.5, 0.6) is 0 Å². The Morgan fingerprint density at radius 2 is 1.55 bits per heavy atom. The molecular formula is C28H44F3NO. The van der Waals surface area contributed by atoms with Crippen molar-refractivity contribution in [3.63, 3.8) is 0 Å². The molecule has 1 aromatic rings. The largest absolute Gasteiger partial charge is 0.513 e. The van der Waals surface area contributed by atoms with Crippen LogP contribution in [0.2, 0.25) is 0 Å². The predicted molar refractivity (Wildman–Crippen MR) is 131 cm³/mol. The fourth-order valence-corrected chi connectivity index (χ4v) is 5.32. The molecule has 3 atom stereocenters. The van der Waals surface area contributed by atoms with Gasteiger partial charge in [0.25, 0.3) is 0 Å². The molecule has 0 bridgehead atoms. The molecule has 0 heterocycles. The molecule has 1 N–H and O–H groups in total. The van der Waals surface area contributed by atoms with E-state index in [0.29, 0.717) is 30.2 Å². The molecule has 33 heavy (non-hydrogen) atoms. The van der Waals surface area contributed by atoms with Crippen molar-refractivity contribution in [2.24, 2.45) is 17.8 Å². The second kappa shape index (κ2) is 12.8. The number of rotatable bonds is 12. The Kier molecular flexibility index (Phi) is 10.8. The average molecular weight is 468 g/mol. The molecule has 188 valence electrons. The van der Waals surface area contributed by atoms with Gasteiger partial charge in [0.1, 0.15) is 0 Å². The first kappa shape index (κ1) is 27.8. The van der Waals surface area contributed by atoms with Gasteiger partial charge in [0.15, 0.2) is 0 Å². The Balaban J connectivity index is 2.26. The van der Waals surface area contributed by atoms with E-state index in [1.165, 1.54) is 25.0 Å². The maximum absolute atomic E-state index is 13.1. The summed E-state index contributed by atoms with van der Waals surface area (Å²) in [5.74, 6) is 2.03. The molecule has 0 aromatic heterocycles. The van der Waals surface area contributed by atoms with Gasteiger partial charge in [-0.25, -0.2) is 0 Å². The second-order valence-corrected chi connectivity index (χ2v) is 10.9. The van der Waals surface area contributed by atoms with Crippen LogP contribution in [0.1, 0.15) is 96.1 Å². The molecule has 1 saturated carbocycles. The summed E-state index contributed by atoms with van der Waals surface area (Å²) in [6.45, 7) is 14.8. The quantitative estimate of drug-likeness (QED) is 0.311. The number of nitrogens with zero attached hydrogens (tertiary/aromatic N) is 1. The minimum absolute atomic E-state index is 0.170. The lowest BCUT2D eigenvalue weighted by molar-refractivity contribution is -0.137. The lowest BCUT2D eigenvalue weighted by Crippen LogP contribution is -2.44. The van der Waals surface area contributed by atoms with Crippen molar-refractivity contribution >= 4 is 0 Å². The highest BCUT2D eigenvalue weighted by atomic mass is 19.4. The minimum Gasteiger partial charge on any atom is -0.513 e. The molecule has 2 nitrogen and oxygen atoms in total. The van der Waals surface area contributed by atoms with Gasteiger partial charge in [-0.3, -0.25) is 4.90 Å². The molecule has 0 saturated heterocycles. The molecule has 1 aliphatic rings. The number of alkyl halides is 3. The topological polar surface area (TPSA) is 23.5 Å². The van der Waals surface area contributed by atoms with E-state index in [-0.39, 0.29) is 11.7 Å². The first-order chi connectivity index (χ1) is 15.5. The highest BCUT2D eigenvalue weighted by molar-refractivity contribution is 5.29. The molecule has 0 radical (unpaired) electrons. The van der Waals surface area contributed by atoms with Crippen LogP contribution in [-0.4, -0.2) is 29.1 Å². The Hall–Kier alpha value is -1.49. The zero-order valence-electron chi connectivity index (χ0n) is 21.0. The van der Waals surface area contributed by atoms with Crippen LogP contribution in [-0.2, 0) is 6.18 Å². The molecule has 1 fully saturated rings. The van der Waals surface area contributed by atoms with Crippen LogP contribution in [0.3, 0.4) is 0 Å². The first-order valence-electron chi connectivity index (χ1n) is 12.7. The van der Waals surface area contributed by atoms with Crippen molar-refractivity contribution in [3.05, 3.63) is 47.7 Å². The Labute approximate surface area is 199 Å². The van der Waals surface area contributed by atoms with Crippen LogP contribution in [0.25, 0.3) is 0 Å². The third-order valence-electron chi connectivity index (χ3n) is 7.04. The SMILES string of the molecule is C=C(O)C[C@@H]1CC[C@@H](N(CCCC(C)C)CCCC(C)C)[C@H](c2ccc(C(F)(F)F)cc2)C1. The van der Waals surface area contributed by atoms with Crippen LogP contribution in [0.15, 0.2) is 36.6 Å². The van der Waals surface area contributed by atoms with Gasteiger partial charge >= 0.3 is 6.18 Å². The number of aliphatic hydroxyl groups excluding tert-OH is 1. The minimum atomic E-state index is -4.32. The predicted octanol–water partition coefficient (Wildman–Crippen LogP) is 8.59. The zero-order chi connectivity index (χ0) is 24.6. The van der Waals surface area contributed by atoms with Gasteiger partial charge in [0.2, 0.25) is 0 Å². The van der Waals surface area contributed by atoms with Gasteiger partial charge in [-0.2, -0.15) is 13.2 Å². The molecule has 2 rings (SSSR count). The van der Waals surface area contributed by atoms with Gasteiger partial charge in [-0.1, -0.05) is 46.4 Å². The number of hydrogen-bond donors (Lipinski definition) is 1. The van der Waals surface area contributed by atoms with Crippen LogP contribution >= 0.6 is 0 Å². The Bertz CT molecular complexity index is 697. The molecule has 0 spiro atoms. The van der Waals surface area contributed by atoms with E-state index < -0.39 is 11.7 Å².